The van der Waals surface area contributed by atoms with Crippen molar-refractivity contribution in [3.8, 4) is 0 Å². The van der Waals surface area contributed by atoms with Crippen LogP contribution in [0, 0.1) is 0 Å². The third-order valence-electron chi connectivity index (χ3n) is 4.20. The van der Waals surface area contributed by atoms with Crippen molar-refractivity contribution in [2.75, 3.05) is 12.0 Å². The summed E-state index contributed by atoms with van der Waals surface area (Å²) in [4.78, 5) is 24.7. The lowest BCUT2D eigenvalue weighted by molar-refractivity contribution is -0.135. The Bertz CT molecular complexity index is 1040. The van der Waals surface area contributed by atoms with Crippen molar-refractivity contribution in [2.24, 2.45) is 12.1 Å². The average molecular weight is 363 g/mol. The molecule has 0 aliphatic heterocycles. The molecule has 0 atom stereocenters. The van der Waals surface area contributed by atoms with Crippen LogP contribution in [-0.2, 0) is 23.0 Å². The molecular formula is C21H21N3O3. The van der Waals surface area contributed by atoms with Crippen LogP contribution in [0.5, 0.6) is 0 Å². The fraction of sp³-hybridized carbons (Fsp3) is 0.190. The Labute approximate surface area is 157 Å². The van der Waals surface area contributed by atoms with Crippen LogP contribution in [0.15, 0.2) is 70.6 Å². The van der Waals surface area contributed by atoms with Gasteiger partial charge in [-0.15, -0.1) is 0 Å². The van der Waals surface area contributed by atoms with Crippen LogP contribution in [0.2, 0.25) is 0 Å². The molecule has 0 aliphatic rings. The number of fused-ring (bicyclic) bond motifs is 1. The molecule has 0 unspecified atom stereocenters. The molecule has 1 N–H and O–H groups in total. The Morgan fingerprint density at radius 3 is 2.56 bits per heavy atom. The number of carbonyl (C=O) groups is 1. The highest BCUT2D eigenvalue weighted by molar-refractivity contribution is 6.37. The molecular weight excluding hydrogens is 342 g/mol. The first-order valence-corrected chi connectivity index (χ1v) is 8.72. The zero-order chi connectivity index (χ0) is 19.2. The van der Waals surface area contributed by atoms with Crippen molar-refractivity contribution >= 4 is 28.3 Å². The smallest absolute Gasteiger partial charge is 0.354 e. The van der Waals surface area contributed by atoms with E-state index in [0.717, 1.165) is 22.2 Å². The minimum atomic E-state index is -0.509. The number of carbonyl (C=O) groups excluding carboxylic acids is 1. The van der Waals surface area contributed by atoms with E-state index in [1.165, 1.54) is 0 Å². The van der Waals surface area contributed by atoms with Crippen molar-refractivity contribution < 1.29 is 9.53 Å². The molecule has 0 fully saturated rings. The van der Waals surface area contributed by atoms with Crippen LogP contribution in [0.25, 0.3) is 10.9 Å². The normalized spacial score (nSPS) is 11.4. The van der Waals surface area contributed by atoms with Gasteiger partial charge in [0, 0.05) is 24.9 Å². The summed E-state index contributed by atoms with van der Waals surface area (Å²) in [6.45, 7) is 1.99. The van der Waals surface area contributed by atoms with E-state index in [2.05, 4.69) is 10.5 Å². The zero-order valence-corrected chi connectivity index (χ0v) is 15.3. The lowest BCUT2D eigenvalue weighted by atomic mass is 10.0. The predicted octanol–water partition coefficient (Wildman–Crippen LogP) is 3.11. The highest BCUT2D eigenvalue weighted by Gasteiger charge is 2.17. The summed E-state index contributed by atoms with van der Waals surface area (Å²) in [7, 11) is 1.73. The van der Waals surface area contributed by atoms with E-state index in [9.17, 15) is 9.59 Å². The number of hydrogen-bond acceptors (Lipinski definition) is 5. The third-order valence-corrected chi connectivity index (χ3v) is 4.20. The molecule has 0 bridgehead atoms. The first kappa shape index (κ1) is 18.4. The van der Waals surface area contributed by atoms with Crippen LogP contribution in [0.3, 0.4) is 0 Å². The number of nitrogens with zero attached hydrogens (tertiary/aromatic N) is 2. The number of hydrazone groups is 1. The fourth-order valence-corrected chi connectivity index (χ4v) is 2.82. The van der Waals surface area contributed by atoms with Gasteiger partial charge in [-0.2, -0.15) is 5.10 Å². The summed E-state index contributed by atoms with van der Waals surface area (Å²) in [5, 5.41) is 5.15. The van der Waals surface area contributed by atoms with Gasteiger partial charge >= 0.3 is 5.97 Å². The first-order chi connectivity index (χ1) is 13.1. The van der Waals surface area contributed by atoms with Crippen LogP contribution >= 0.6 is 0 Å². The Morgan fingerprint density at radius 1 is 1.11 bits per heavy atom. The SMILES string of the molecule is CCOC(=O)/C(Cc1cc(=O)n(C)c2ccccc12)=N\Nc1ccccc1. The minimum Gasteiger partial charge on any atom is -0.461 e. The molecule has 0 spiro atoms. The average Bonchev–Trinajstić information content (AvgIpc) is 2.69. The number of aromatic nitrogens is 1. The Kier molecular flexibility index (Phi) is 5.66. The van der Waals surface area contributed by atoms with Gasteiger partial charge in [0.25, 0.3) is 5.56 Å². The number of hydrogen-bond donors (Lipinski definition) is 1. The topological polar surface area (TPSA) is 72.7 Å². The molecule has 2 aromatic carbocycles. The number of nitrogens with one attached hydrogen (secondary N) is 1. The Morgan fingerprint density at radius 2 is 1.81 bits per heavy atom. The second kappa shape index (κ2) is 8.31. The van der Waals surface area contributed by atoms with Gasteiger partial charge in [-0.3, -0.25) is 10.2 Å². The summed E-state index contributed by atoms with van der Waals surface area (Å²) in [5.41, 5.74) is 5.25. The minimum absolute atomic E-state index is 0.136. The summed E-state index contributed by atoms with van der Waals surface area (Å²) in [6.07, 6.45) is 0.190. The molecule has 6 nitrogen and oxygen atoms in total. The summed E-state index contributed by atoms with van der Waals surface area (Å²) >= 11 is 0. The lowest BCUT2D eigenvalue weighted by Gasteiger charge is -2.11. The van der Waals surface area contributed by atoms with E-state index in [1.807, 2.05) is 54.6 Å². The summed E-state index contributed by atoms with van der Waals surface area (Å²) < 4.78 is 6.72. The molecule has 0 amide bonds. The zero-order valence-electron chi connectivity index (χ0n) is 15.3. The maximum atomic E-state index is 12.4. The molecule has 27 heavy (non-hydrogen) atoms. The van der Waals surface area contributed by atoms with Gasteiger partial charge < -0.3 is 9.30 Å². The van der Waals surface area contributed by atoms with Crippen molar-refractivity contribution in [1.82, 2.24) is 4.57 Å². The van der Waals surface area contributed by atoms with Gasteiger partial charge in [-0.05, 0) is 30.7 Å². The Balaban J connectivity index is 1.99. The summed E-state index contributed by atoms with van der Waals surface area (Å²) in [6, 6.07) is 18.5. The van der Waals surface area contributed by atoms with Gasteiger partial charge in [0.1, 0.15) is 5.71 Å². The highest BCUT2D eigenvalue weighted by Crippen LogP contribution is 2.17. The molecule has 1 heterocycles. The highest BCUT2D eigenvalue weighted by atomic mass is 16.5. The second-order valence-electron chi connectivity index (χ2n) is 6.02. The van der Waals surface area contributed by atoms with E-state index in [-0.39, 0.29) is 24.3 Å². The van der Waals surface area contributed by atoms with E-state index < -0.39 is 5.97 Å². The van der Waals surface area contributed by atoms with Crippen molar-refractivity contribution in [3.05, 3.63) is 76.6 Å². The predicted molar refractivity (Wildman–Crippen MR) is 107 cm³/mol. The quantitative estimate of drug-likeness (QED) is 0.415. The van der Waals surface area contributed by atoms with Gasteiger partial charge in [-0.1, -0.05) is 36.4 Å². The first-order valence-electron chi connectivity index (χ1n) is 8.72. The number of ether oxygens (including phenoxy) is 1. The van der Waals surface area contributed by atoms with E-state index in [4.69, 9.17) is 4.74 Å². The van der Waals surface area contributed by atoms with Gasteiger partial charge in [0.2, 0.25) is 0 Å². The number of aryl methyl sites for hydroxylation is 1. The molecule has 0 saturated heterocycles. The van der Waals surface area contributed by atoms with Crippen LogP contribution in [0.1, 0.15) is 12.5 Å². The van der Waals surface area contributed by atoms with Crippen LogP contribution < -0.4 is 11.0 Å². The fourth-order valence-electron chi connectivity index (χ4n) is 2.82. The lowest BCUT2D eigenvalue weighted by Crippen LogP contribution is -2.24. The molecule has 138 valence electrons. The van der Waals surface area contributed by atoms with Crippen LogP contribution in [0.4, 0.5) is 5.69 Å². The van der Waals surface area contributed by atoms with E-state index >= 15 is 0 Å². The molecule has 0 aliphatic carbocycles. The number of rotatable bonds is 6. The van der Waals surface area contributed by atoms with E-state index in [0.29, 0.717) is 0 Å². The summed E-state index contributed by atoms with van der Waals surface area (Å²) in [5.74, 6) is -0.509. The molecule has 1 aromatic heterocycles. The number of pyridine rings is 1. The van der Waals surface area contributed by atoms with Crippen molar-refractivity contribution in [2.45, 2.75) is 13.3 Å². The molecule has 6 heteroatoms. The van der Waals surface area contributed by atoms with Gasteiger partial charge in [0.15, 0.2) is 0 Å². The largest absolute Gasteiger partial charge is 0.461 e. The van der Waals surface area contributed by atoms with Crippen molar-refractivity contribution in [3.63, 3.8) is 0 Å². The molecule has 0 radical (unpaired) electrons. The van der Waals surface area contributed by atoms with Crippen molar-refractivity contribution in [1.29, 1.82) is 0 Å². The molecule has 3 aromatic rings. The standard InChI is InChI=1S/C21H21N3O3/c1-3-27-21(26)18(23-22-16-9-5-4-6-10-16)13-15-14-20(25)24(2)19-12-8-7-11-17(15)19/h4-12,14,22H,3,13H2,1-2H3/b23-18-. The maximum Gasteiger partial charge on any atom is 0.354 e. The van der Waals surface area contributed by atoms with Crippen LogP contribution in [-0.4, -0.2) is 22.9 Å². The monoisotopic (exact) mass is 363 g/mol. The van der Waals surface area contributed by atoms with Gasteiger partial charge in [0.05, 0.1) is 17.8 Å². The number of benzene rings is 2. The van der Waals surface area contributed by atoms with E-state index in [1.54, 1.807) is 24.6 Å². The van der Waals surface area contributed by atoms with Gasteiger partial charge in [-0.25, -0.2) is 4.79 Å². The molecule has 0 saturated carbocycles. The Hall–Kier alpha value is -3.41. The second-order valence-corrected chi connectivity index (χ2v) is 6.02. The number of esters is 1. The third kappa shape index (κ3) is 4.23. The maximum absolute atomic E-state index is 12.4. The number of anilines is 1. The number of para-hydroxylation sites is 2. The molecule has 3 rings (SSSR count).